The first-order valence-electron chi connectivity index (χ1n) is 9.33. The second-order valence-electron chi connectivity index (χ2n) is 7.26. The Kier molecular flexibility index (Phi) is 4.60. The summed E-state index contributed by atoms with van der Waals surface area (Å²) < 4.78 is 0. The molecule has 1 saturated heterocycles. The van der Waals surface area contributed by atoms with Gasteiger partial charge in [0.1, 0.15) is 0 Å². The maximum absolute atomic E-state index is 12.9. The highest BCUT2D eigenvalue weighted by Gasteiger charge is 2.42. The molecule has 0 radical (unpaired) electrons. The molecule has 2 heterocycles. The van der Waals surface area contributed by atoms with Crippen LogP contribution in [0.4, 0.5) is 0 Å². The molecule has 4 heteroatoms. The Balaban J connectivity index is 1.33. The van der Waals surface area contributed by atoms with Crippen LogP contribution in [0.3, 0.4) is 0 Å². The van der Waals surface area contributed by atoms with Crippen LogP contribution in [0.5, 0.6) is 0 Å². The van der Waals surface area contributed by atoms with E-state index in [4.69, 9.17) is 0 Å². The first-order chi connectivity index (χ1) is 12.6. The predicted molar refractivity (Wildman–Crippen MR) is 103 cm³/mol. The zero-order valence-electron chi connectivity index (χ0n) is 15.5. The summed E-state index contributed by atoms with van der Waals surface area (Å²) in [5, 5.41) is 0. The summed E-state index contributed by atoms with van der Waals surface area (Å²) >= 11 is 0. The van der Waals surface area contributed by atoms with Crippen molar-refractivity contribution in [3.05, 3.63) is 71.1 Å². The fraction of sp³-hybridized carbons (Fsp3) is 0.364. The largest absolute Gasteiger partial charge is 0.339 e. The minimum absolute atomic E-state index is 0.00184. The number of rotatable bonds is 4. The quantitative estimate of drug-likeness (QED) is 0.852. The standard InChI is InChI=1S/C22H25N3O/c1-16-7-6-10-23-19(16)15-24-11-13-25(14-12-24)22(26)21-17(2)20(21)18-8-4-3-5-9-18/h3-10,21H,11-15H2,1-2H3/t21-/m0/s1. The predicted octanol–water partition coefficient (Wildman–Crippen LogP) is 3.14. The first kappa shape index (κ1) is 17.0. The van der Waals surface area contributed by atoms with E-state index in [0.717, 1.165) is 38.4 Å². The molecule has 0 bridgehead atoms. The maximum Gasteiger partial charge on any atom is 0.234 e. The van der Waals surface area contributed by atoms with E-state index in [1.165, 1.54) is 22.3 Å². The topological polar surface area (TPSA) is 36.4 Å². The van der Waals surface area contributed by atoms with Crippen molar-refractivity contribution in [2.75, 3.05) is 26.2 Å². The van der Waals surface area contributed by atoms with Gasteiger partial charge in [0.2, 0.25) is 5.91 Å². The molecule has 1 aliphatic carbocycles. The number of pyridine rings is 1. The summed E-state index contributed by atoms with van der Waals surface area (Å²) in [6.45, 7) is 8.49. The molecule has 1 aliphatic heterocycles. The van der Waals surface area contributed by atoms with Crippen LogP contribution < -0.4 is 0 Å². The Morgan fingerprint density at radius 1 is 1.04 bits per heavy atom. The number of carbonyl (C=O) groups excluding carboxylic acids is 1. The van der Waals surface area contributed by atoms with Gasteiger partial charge in [0.25, 0.3) is 0 Å². The summed E-state index contributed by atoms with van der Waals surface area (Å²) in [4.78, 5) is 21.8. The number of carbonyl (C=O) groups is 1. The molecule has 0 N–H and O–H groups in total. The van der Waals surface area contributed by atoms with Crippen LogP contribution >= 0.6 is 0 Å². The minimum atomic E-state index is 0.00184. The van der Waals surface area contributed by atoms with Crippen LogP contribution in [-0.4, -0.2) is 46.9 Å². The third-order valence-electron chi connectivity index (χ3n) is 5.57. The van der Waals surface area contributed by atoms with E-state index >= 15 is 0 Å². The summed E-state index contributed by atoms with van der Waals surface area (Å²) in [5.41, 5.74) is 6.01. The number of nitrogens with zero attached hydrogens (tertiary/aromatic N) is 3. The molecule has 1 aromatic heterocycles. The van der Waals surface area contributed by atoms with Crippen LogP contribution in [0.25, 0.3) is 5.57 Å². The molecule has 1 aromatic carbocycles. The van der Waals surface area contributed by atoms with E-state index in [-0.39, 0.29) is 11.8 Å². The van der Waals surface area contributed by atoms with Crippen molar-refractivity contribution >= 4 is 11.5 Å². The van der Waals surface area contributed by atoms with Gasteiger partial charge < -0.3 is 4.90 Å². The molecule has 1 atom stereocenters. The molecule has 4 rings (SSSR count). The monoisotopic (exact) mass is 347 g/mol. The van der Waals surface area contributed by atoms with Gasteiger partial charge in [-0.15, -0.1) is 0 Å². The van der Waals surface area contributed by atoms with Gasteiger partial charge in [0, 0.05) is 38.9 Å². The molecule has 1 amide bonds. The van der Waals surface area contributed by atoms with Crippen molar-refractivity contribution in [2.45, 2.75) is 20.4 Å². The van der Waals surface area contributed by atoms with Crippen molar-refractivity contribution in [3.63, 3.8) is 0 Å². The lowest BCUT2D eigenvalue weighted by molar-refractivity contribution is -0.133. The van der Waals surface area contributed by atoms with Gasteiger partial charge in [0.05, 0.1) is 11.6 Å². The van der Waals surface area contributed by atoms with Crippen LogP contribution in [-0.2, 0) is 11.3 Å². The Morgan fingerprint density at radius 3 is 2.46 bits per heavy atom. The molecule has 26 heavy (non-hydrogen) atoms. The lowest BCUT2D eigenvalue weighted by atomic mass is 10.1. The average Bonchev–Trinajstić information content (AvgIpc) is 3.35. The lowest BCUT2D eigenvalue weighted by Crippen LogP contribution is -2.49. The van der Waals surface area contributed by atoms with Gasteiger partial charge in [-0.2, -0.15) is 0 Å². The highest BCUT2D eigenvalue weighted by Crippen LogP contribution is 2.47. The number of aromatic nitrogens is 1. The second-order valence-corrected chi connectivity index (χ2v) is 7.26. The van der Waals surface area contributed by atoms with E-state index in [1.54, 1.807) is 0 Å². The van der Waals surface area contributed by atoms with Gasteiger partial charge in [-0.3, -0.25) is 14.7 Å². The summed E-state index contributed by atoms with van der Waals surface area (Å²) in [7, 11) is 0. The molecule has 0 unspecified atom stereocenters. The summed E-state index contributed by atoms with van der Waals surface area (Å²) in [6, 6.07) is 14.4. The zero-order chi connectivity index (χ0) is 18.1. The molecule has 4 nitrogen and oxygen atoms in total. The maximum atomic E-state index is 12.9. The third-order valence-corrected chi connectivity index (χ3v) is 5.57. The number of aryl methyl sites for hydroxylation is 1. The smallest absolute Gasteiger partial charge is 0.234 e. The van der Waals surface area contributed by atoms with Crippen molar-refractivity contribution < 1.29 is 4.79 Å². The van der Waals surface area contributed by atoms with Crippen LogP contribution in [0.1, 0.15) is 23.7 Å². The Labute approximate surface area is 155 Å². The Morgan fingerprint density at radius 2 is 1.77 bits per heavy atom. The fourth-order valence-electron chi connectivity index (χ4n) is 3.86. The minimum Gasteiger partial charge on any atom is -0.339 e. The number of hydrogen-bond acceptors (Lipinski definition) is 3. The van der Waals surface area contributed by atoms with Gasteiger partial charge in [-0.05, 0) is 36.6 Å². The number of hydrogen-bond donors (Lipinski definition) is 0. The molecule has 0 saturated carbocycles. The van der Waals surface area contributed by atoms with Crippen molar-refractivity contribution in [2.24, 2.45) is 5.92 Å². The molecule has 1 fully saturated rings. The van der Waals surface area contributed by atoms with Crippen LogP contribution in [0, 0.1) is 12.8 Å². The fourth-order valence-corrected chi connectivity index (χ4v) is 3.86. The first-order valence-corrected chi connectivity index (χ1v) is 9.33. The van der Waals surface area contributed by atoms with E-state index in [2.05, 4.69) is 41.9 Å². The lowest BCUT2D eigenvalue weighted by Gasteiger charge is -2.35. The molecule has 2 aromatic rings. The molecular formula is C22H25N3O. The third kappa shape index (κ3) is 3.29. The highest BCUT2D eigenvalue weighted by molar-refractivity contribution is 6.05. The summed E-state index contributed by atoms with van der Waals surface area (Å²) in [6.07, 6.45) is 1.86. The zero-order valence-corrected chi connectivity index (χ0v) is 15.5. The van der Waals surface area contributed by atoms with Gasteiger partial charge in [0.15, 0.2) is 0 Å². The number of benzene rings is 1. The van der Waals surface area contributed by atoms with Crippen LogP contribution in [0.2, 0.25) is 0 Å². The molecular weight excluding hydrogens is 322 g/mol. The van der Waals surface area contributed by atoms with Gasteiger partial charge >= 0.3 is 0 Å². The number of amides is 1. The Bertz CT molecular complexity index is 835. The second kappa shape index (κ2) is 7.04. The van der Waals surface area contributed by atoms with E-state index in [1.807, 2.05) is 35.4 Å². The molecule has 134 valence electrons. The van der Waals surface area contributed by atoms with Gasteiger partial charge in [-0.1, -0.05) is 42.0 Å². The van der Waals surface area contributed by atoms with Crippen molar-refractivity contribution in [1.82, 2.24) is 14.8 Å². The normalized spacial score (nSPS) is 20.4. The summed E-state index contributed by atoms with van der Waals surface area (Å²) in [5.74, 6) is 0.275. The van der Waals surface area contributed by atoms with Crippen LogP contribution in [0.15, 0.2) is 54.2 Å². The van der Waals surface area contributed by atoms with Gasteiger partial charge in [-0.25, -0.2) is 0 Å². The van der Waals surface area contributed by atoms with Crippen molar-refractivity contribution in [1.29, 1.82) is 0 Å². The SMILES string of the molecule is CC1=C(c2ccccc2)[C@H]1C(=O)N1CCN(Cc2ncccc2C)CC1. The number of piperazine rings is 1. The average molecular weight is 347 g/mol. The van der Waals surface area contributed by atoms with E-state index in [0.29, 0.717) is 0 Å². The van der Waals surface area contributed by atoms with Crippen molar-refractivity contribution in [3.8, 4) is 0 Å². The Hall–Kier alpha value is -2.46. The molecule has 2 aliphatic rings. The highest BCUT2D eigenvalue weighted by atomic mass is 16.2. The van der Waals surface area contributed by atoms with E-state index < -0.39 is 0 Å². The molecule has 0 spiro atoms. The van der Waals surface area contributed by atoms with E-state index in [9.17, 15) is 4.79 Å².